The van der Waals surface area contributed by atoms with Crippen molar-refractivity contribution in [2.24, 2.45) is 0 Å². The molecule has 100 valence electrons. The summed E-state index contributed by atoms with van der Waals surface area (Å²) >= 11 is 7.43. The van der Waals surface area contributed by atoms with Gasteiger partial charge in [0.2, 0.25) is 0 Å². The Kier molecular flexibility index (Phi) is 4.17. The Labute approximate surface area is 119 Å². The first-order chi connectivity index (χ1) is 9.08. The minimum Gasteiger partial charge on any atom is -0.297 e. The van der Waals surface area contributed by atoms with Gasteiger partial charge in [0.15, 0.2) is 0 Å². The summed E-state index contributed by atoms with van der Waals surface area (Å²) in [5, 5.41) is 0.120. The third-order valence-corrected chi connectivity index (χ3v) is 3.86. The number of halogens is 1. The van der Waals surface area contributed by atoms with Crippen molar-refractivity contribution in [3.63, 3.8) is 0 Å². The highest BCUT2D eigenvalue weighted by Crippen LogP contribution is 2.17. The quantitative estimate of drug-likeness (QED) is 0.699. The molecule has 0 fully saturated rings. The Bertz CT molecular complexity index is 721. The summed E-state index contributed by atoms with van der Waals surface area (Å²) in [5.41, 5.74) is 0.0697. The average Bonchev–Trinajstić information content (AvgIpc) is 2.39. The van der Waals surface area contributed by atoms with Crippen LogP contribution in [0.4, 0.5) is 0 Å². The molecular weight excluding hydrogens is 284 g/mol. The lowest BCUT2D eigenvalue weighted by molar-refractivity contribution is 0.840. The average molecular weight is 297 g/mol. The number of nitrogens with zero attached hydrogens (tertiary/aromatic N) is 1. The number of aromatic amines is 1. The standard InChI is InChI=1S/C13H13ClN2O2S/c1-3-10-11(14)15-13(18)16(12(10)17)8-5-4-6-9(7-8)19-2/h4-7H,3H2,1-2H3,(H,15,18). The molecule has 0 atom stereocenters. The summed E-state index contributed by atoms with van der Waals surface area (Å²) < 4.78 is 1.12. The van der Waals surface area contributed by atoms with Gasteiger partial charge >= 0.3 is 5.69 Å². The monoisotopic (exact) mass is 296 g/mol. The molecule has 0 aliphatic carbocycles. The maximum Gasteiger partial charge on any atom is 0.334 e. The van der Waals surface area contributed by atoms with Gasteiger partial charge in [0, 0.05) is 4.90 Å². The van der Waals surface area contributed by atoms with Gasteiger partial charge in [-0.3, -0.25) is 9.78 Å². The molecule has 1 aromatic heterocycles. The van der Waals surface area contributed by atoms with E-state index in [9.17, 15) is 9.59 Å². The lowest BCUT2D eigenvalue weighted by Gasteiger charge is -2.08. The fourth-order valence-electron chi connectivity index (χ4n) is 1.84. The predicted molar refractivity (Wildman–Crippen MR) is 78.8 cm³/mol. The van der Waals surface area contributed by atoms with Crippen molar-refractivity contribution in [1.29, 1.82) is 0 Å². The second-order valence-electron chi connectivity index (χ2n) is 3.92. The van der Waals surface area contributed by atoms with E-state index in [0.717, 1.165) is 9.46 Å². The maximum atomic E-state index is 12.3. The highest BCUT2D eigenvalue weighted by molar-refractivity contribution is 7.98. The third kappa shape index (κ3) is 2.62. The van der Waals surface area contributed by atoms with Crippen molar-refractivity contribution < 1.29 is 0 Å². The summed E-state index contributed by atoms with van der Waals surface area (Å²) in [6.07, 6.45) is 2.40. The number of aromatic nitrogens is 2. The van der Waals surface area contributed by atoms with Crippen LogP contribution in [0.2, 0.25) is 5.15 Å². The Hall–Kier alpha value is -1.46. The van der Waals surface area contributed by atoms with E-state index in [4.69, 9.17) is 11.6 Å². The number of rotatable bonds is 3. The molecule has 1 N–H and O–H groups in total. The zero-order chi connectivity index (χ0) is 14.0. The molecule has 0 amide bonds. The largest absolute Gasteiger partial charge is 0.334 e. The van der Waals surface area contributed by atoms with Crippen LogP contribution in [0.3, 0.4) is 0 Å². The van der Waals surface area contributed by atoms with Gasteiger partial charge < -0.3 is 0 Å². The molecule has 0 bridgehead atoms. The van der Waals surface area contributed by atoms with Gasteiger partial charge in [0.25, 0.3) is 5.56 Å². The van der Waals surface area contributed by atoms with Gasteiger partial charge in [0.1, 0.15) is 5.15 Å². The summed E-state index contributed by atoms with van der Waals surface area (Å²) in [5.74, 6) is 0. The van der Waals surface area contributed by atoms with Crippen LogP contribution in [0.5, 0.6) is 0 Å². The van der Waals surface area contributed by atoms with Crippen molar-refractivity contribution in [3.8, 4) is 5.69 Å². The topological polar surface area (TPSA) is 54.9 Å². The number of benzene rings is 1. The minimum absolute atomic E-state index is 0.120. The van der Waals surface area contributed by atoms with E-state index >= 15 is 0 Å². The van der Waals surface area contributed by atoms with Crippen LogP contribution in [-0.4, -0.2) is 15.8 Å². The Morgan fingerprint density at radius 2 is 2.11 bits per heavy atom. The van der Waals surface area contributed by atoms with Gasteiger partial charge in [-0.2, -0.15) is 0 Å². The Morgan fingerprint density at radius 3 is 2.74 bits per heavy atom. The van der Waals surface area contributed by atoms with E-state index in [1.807, 2.05) is 25.3 Å². The first kappa shape index (κ1) is 14.0. The van der Waals surface area contributed by atoms with Gasteiger partial charge in [-0.1, -0.05) is 24.6 Å². The van der Waals surface area contributed by atoms with E-state index in [2.05, 4.69) is 4.98 Å². The Balaban J connectivity index is 2.75. The molecule has 0 spiro atoms. The molecule has 0 aliphatic rings. The van der Waals surface area contributed by atoms with Crippen LogP contribution < -0.4 is 11.2 Å². The number of nitrogens with one attached hydrogen (secondary N) is 1. The number of hydrogen-bond donors (Lipinski definition) is 1. The molecule has 1 aromatic carbocycles. The lowest BCUT2D eigenvalue weighted by Crippen LogP contribution is -2.36. The van der Waals surface area contributed by atoms with Crippen molar-refractivity contribution in [3.05, 3.63) is 55.8 Å². The molecule has 19 heavy (non-hydrogen) atoms. The fraction of sp³-hybridized carbons (Fsp3) is 0.231. The van der Waals surface area contributed by atoms with Crippen LogP contribution in [0.1, 0.15) is 12.5 Å². The van der Waals surface area contributed by atoms with E-state index in [0.29, 0.717) is 17.7 Å². The maximum absolute atomic E-state index is 12.3. The third-order valence-electron chi connectivity index (χ3n) is 2.81. The SMILES string of the molecule is CCc1c(Cl)[nH]c(=O)n(-c2cccc(SC)c2)c1=O. The first-order valence-electron chi connectivity index (χ1n) is 5.76. The molecule has 6 heteroatoms. The summed E-state index contributed by atoms with van der Waals surface area (Å²) in [7, 11) is 0. The van der Waals surface area contributed by atoms with E-state index in [1.54, 1.807) is 23.9 Å². The van der Waals surface area contributed by atoms with Gasteiger partial charge in [-0.15, -0.1) is 11.8 Å². The lowest BCUT2D eigenvalue weighted by atomic mass is 10.2. The van der Waals surface area contributed by atoms with E-state index < -0.39 is 5.69 Å². The molecule has 0 aliphatic heterocycles. The van der Waals surface area contributed by atoms with Crippen LogP contribution in [0.15, 0.2) is 38.8 Å². The van der Waals surface area contributed by atoms with Crippen LogP contribution in [-0.2, 0) is 6.42 Å². The predicted octanol–water partition coefficient (Wildman–Crippen LogP) is 2.46. The molecule has 0 saturated heterocycles. The number of hydrogen-bond acceptors (Lipinski definition) is 3. The van der Waals surface area contributed by atoms with Crippen molar-refractivity contribution >= 4 is 23.4 Å². The first-order valence-corrected chi connectivity index (χ1v) is 7.37. The van der Waals surface area contributed by atoms with Crippen LogP contribution >= 0.6 is 23.4 Å². The van der Waals surface area contributed by atoms with Crippen molar-refractivity contribution in [2.45, 2.75) is 18.2 Å². The number of H-pyrrole nitrogens is 1. The van der Waals surface area contributed by atoms with E-state index in [-0.39, 0.29) is 10.7 Å². The zero-order valence-electron chi connectivity index (χ0n) is 10.6. The van der Waals surface area contributed by atoms with Crippen LogP contribution in [0.25, 0.3) is 5.69 Å². The zero-order valence-corrected chi connectivity index (χ0v) is 12.1. The molecule has 2 aromatic rings. The minimum atomic E-state index is -0.523. The summed E-state index contributed by atoms with van der Waals surface area (Å²) in [4.78, 5) is 27.7. The number of thioether (sulfide) groups is 1. The molecule has 1 heterocycles. The molecule has 0 unspecified atom stereocenters. The highest BCUT2D eigenvalue weighted by atomic mass is 35.5. The second-order valence-corrected chi connectivity index (χ2v) is 5.18. The summed E-state index contributed by atoms with van der Waals surface area (Å²) in [6, 6.07) is 7.26. The molecule has 0 saturated carbocycles. The van der Waals surface area contributed by atoms with Crippen molar-refractivity contribution in [1.82, 2.24) is 9.55 Å². The van der Waals surface area contributed by atoms with Crippen molar-refractivity contribution in [2.75, 3.05) is 6.26 Å². The normalized spacial score (nSPS) is 10.7. The smallest absolute Gasteiger partial charge is 0.297 e. The van der Waals surface area contributed by atoms with Crippen LogP contribution in [0, 0.1) is 0 Å². The Morgan fingerprint density at radius 1 is 1.37 bits per heavy atom. The van der Waals surface area contributed by atoms with Gasteiger partial charge in [-0.05, 0) is 30.9 Å². The molecule has 2 rings (SSSR count). The highest BCUT2D eigenvalue weighted by Gasteiger charge is 2.12. The molecule has 4 nitrogen and oxygen atoms in total. The second kappa shape index (κ2) is 5.67. The van der Waals surface area contributed by atoms with Gasteiger partial charge in [-0.25, -0.2) is 9.36 Å². The summed E-state index contributed by atoms with van der Waals surface area (Å²) in [6.45, 7) is 1.82. The molecular formula is C13H13ClN2O2S. The van der Waals surface area contributed by atoms with Gasteiger partial charge in [0.05, 0.1) is 11.3 Å². The molecule has 0 radical (unpaired) electrons. The fourth-order valence-corrected chi connectivity index (χ4v) is 2.59. The van der Waals surface area contributed by atoms with E-state index in [1.165, 1.54) is 0 Å².